The van der Waals surface area contributed by atoms with Crippen LogP contribution in [0.2, 0.25) is 0 Å². The molecule has 38 heavy (non-hydrogen) atoms. The molecule has 3 aromatic carbocycles. The Bertz CT molecular complexity index is 1370. The van der Waals surface area contributed by atoms with Gasteiger partial charge >= 0.3 is 0 Å². The average Bonchev–Trinajstić information content (AvgIpc) is 3.31. The third kappa shape index (κ3) is 6.03. The van der Waals surface area contributed by atoms with Gasteiger partial charge in [0, 0.05) is 39.2 Å². The molecule has 1 fully saturated rings. The Kier molecular flexibility index (Phi) is 8.30. The Labute approximate surface area is 228 Å². The number of carbonyl (C=O) groups excluding carboxylic acids is 1. The van der Waals surface area contributed by atoms with E-state index in [1.165, 1.54) is 43.6 Å². The zero-order valence-corrected chi connectivity index (χ0v) is 22.7. The van der Waals surface area contributed by atoms with Gasteiger partial charge in [0.25, 0.3) is 0 Å². The Balaban J connectivity index is 1.29. The summed E-state index contributed by atoms with van der Waals surface area (Å²) < 4.78 is 7.11. The molecular weight excluding hydrogens is 494 g/mol. The first-order valence-electron chi connectivity index (χ1n) is 13.6. The minimum absolute atomic E-state index is 0.0760. The van der Waals surface area contributed by atoms with Crippen LogP contribution >= 0.6 is 11.3 Å². The van der Waals surface area contributed by atoms with Gasteiger partial charge in [-0.3, -0.25) is 4.79 Å². The highest BCUT2D eigenvalue weighted by Crippen LogP contribution is 2.41. The fourth-order valence-corrected chi connectivity index (χ4v) is 6.40. The number of ether oxygens (including phenoxy) is 1. The zero-order valence-electron chi connectivity index (χ0n) is 21.9. The summed E-state index contributed by atoms with van der Waals surface area (Å²) in [7, 11) is 0. The lowest BCUT2D eigenvalue weighted by Crippen LogP contribution is -2.38. The first-order chi connectivity index (χ1) is 18.5. The lowest BCUT2D eigenvalue weighted by atomic mass is 9.97. The number of nitrogens with zero attached hydrogens (tertiary/aromatic N) is 1. The zero-order chi connectivity index (χ0) is 26.5. The molecule has 0 amide bonds. The van der Waals surface area contributed by atoms with Crippen molar-refractivity contribution >= 4 is 27.2 Å². The number of likely N-dealkylation sites (tertiary alicyclic amines) is 1. The number of thiophene rings is 1. The van der Waals surface area contributed by atoms with Crippen LogP contribution in [0.25, 0.3) is 20.5 Å². The maximum Gasteiger partial charge on any atom is 0.195 e. The van der Waals surface area contributed by atoms with Crippen LogP contribution in [0.3, 0.4) is 0 Å². The number of hydrogen-bond acceptors (Lipinski definition) is 6. The van der Waals surface area contributed by atoms with Crippen LogP contribution in [0.4, 0.5) is 0 Å². The van der Waals surface area contributed by atoms with Gasteiger partial charge in [-0.2, -0.15) is 0 Å². The molecule has 0 spiro atoms. The maximum absolute atomic E-state index is 13.8. The van der Waals surface area contributed by atoms with E-state index in [0.29, 0.717) is 11.1 Å². The Morgan fingerprint density at radius 1 is 0.921 bits per heavy atom. The number of aromatic hydroxyl groups is 2. The molecule has 198 valence electrons. The summed E-state index contributed by atoms with van der Waals surface area (Å²) in [6.07, 6.45) is 7.45. The van der Waals surface area contributed by atoms with Crippen molar-refractivity contribution in [2.45, 2.75) is 51.6 Å². The lowest BCUT2D eigenvalue weighted by molar-refractivity contribution is 0.0994. The van der Waals surface area contributed by atoms with Crippen LogP contribution in [0, 0.1) is 0 Å². The summed E-state index contributed by atoms with van der Waals surface area (Å²) in [5.74, 6) is 1.06. The molecular formula is C32H35NO4S. The monoisotopic (exact) mass is 529 g/mol. The molecule has 1 aliphatic rings. The van der Waals surface area contributed by atoms with Crippen LogP contribution < -0.4 is 4.74 Å². The molecule has 4 aromatic rings. The number of phenolic OH excluding ortho intramolecular Hbond substituents is 2. The first-order valence-corrected chi connectivity index (χ1v) is 14.4. The maximum atomic E-state index is 13.8. The second-order valence-electron chi connectivity index (χ2n) is 10.1. The third-order valence-electron chi connectivity index (χ3n) is 7.31. The van der Waals surface area contributed by atoms with Gasteiger partial charge in [0.05, 0.1) is 0 Å². The van der Waals surface area contributed by atoms with Gasteiger partial charge in [0.2, 0.25) is 0 Å². The van der Waals surface area contributed by atoms with Crippen LogP contribution in [-0.2, 0) is 0 Å². The number of carbonyl (C=O) groups is 1. The fourth-order valence-electron chi connectivity index (χ4n) is 5.16. The van der Waals surface area contributed by atoms with Crippen molar-refractivity contribution in [3.05, 3.63) is 77.9 Å². The van der Waals surface area contributed by atoms with Gasteiger partial charge in [-0.05, 0) is 98.1 Å². The molecule has 2 N–H and O–H groups in total. The standard InChI is InChI=1S/C32H35NO4S/c1-2-3-4-5-18-33-19-16-27(17-20-33)37-26-13-8-22(9-14-26)31(36)30-28-15-12-25(35)21-29(28)38-32(30)23-6-10-24(34)11-7-23/h6-15,21,27,34-35H,2-5,16-20H2,1H3. The molecule has 0 aliphatic carbocycles. The van der Waals surface area contributed by atoms with E-state index in [1.54, 1.807) is 30.3 Å². The highest BCUT2D eigenvalue weighted by molar-refractivity contribution is 7.22. The van der Waals surface area contributed by atoms with E-state index in [0.717, 1.165) is 52.2 Å². The van der Waals surface area contributed by atoms with Crippen molar-refractivity contribution in [2.75, 3.05) is 19.6 Å². The molecule has 0 saturated carbocycles. The topological polar surface area (TPSA) is 70.0 Å². The predicted octanol–water partition coefficient (Wildman–Crippen LogP) is 7.63. The van der Waals surface area contributed by atoms with Crippen molar-refractivity contribution in [2.24, 2.45) is 0 Å². The van der Waals surface area contributed by atoms with Crippen LogP contribution in [0.1, 0.15) is 61.4 Å². The summed E-state index contributed by atoms with van der Waals surface area (Å²) in [6, 6.07) is 19.4. The van der Waals surface area contributed by atoms with E-state index in [9.17, 15) is 15.0 Å². The van der Waals surface area contributed by atoms with Gasteiger partial charge in [-0.25, -0.2) is 0 Å². The van der Waals surface area contributed by atoms with E-state index in [-0.39, 0.29) is 23.4 Å². The second-order valence-corrected chi connectivity index (χ2v) is 11.2. The highest BCUT2D eigenvalue weighted by atomic mass is 32.1. The van der Waals surface area contributed by atoms with Crippen molar-refractivity contribution in [3.8, 4) is 27.7 Å². The molecule has 1 aromatic heterocycles. The minimum atomic E-state index is -0.0760. The molecule has 5 rings (SSSR count). The summed E-state index contributed by atoms with van der Waals surface area (Å²) in [6.45, 7) is 5.59. The van der Waals surface area contributed by atoms with Gasteiger partial charge in [-0.15, -0.1) is 11.3 Å². The number of hydrogen-bond donors (Lipinski definition) is 2. The van der Waals surface area contributed by atoms with Crippen molar-refractivity contribution in [1.29, 1.82) is 0 Å². The molecule has 0 radical (unpaired) electrons. The molecule has 0 atom stereocenters. The van der Waals surface area contributed by atoms with Crippen molar-refractivity contribution in [3.63, 3.8) is 0 Å². The quantitative estimate of drug-likeness (QED) is 0.163. The Morgan fingerprint density at radius 3 is 2.34 bits per heavy atom. The van der Waals surface area contributed by atoms with Crippen LogP contribution in [0.5, 0.6) is 17.2 Å². The fraction of sp³-hybridized carbons (Fsp3) is 0.344. The van der Waals surface area contributed by atoms with Crippen LogP contribution in [0.15, 0.2) is 66.7 Å². The summed E-state index contributed by atoms with van der Waals surface area (Å²) in [4.78, 5) is 17.1. The van der Waals surface area contributed by atoms with Crippen molar-refractivity contribution < 1.29 is 19.7 Å². The van der Waals surface area contributed by atoms with Gasteiger partial charge in [-0.1, -0.05) is 26.2 Å². The van der Waals surface area contributed by atoms with E-state index < -0.39 is 0 Å². The van der Waals surface area contributed by atoms with Crippen molar-refractivity contribution in [1.82, 2.24) is 4.90 Å². The first kappa shape index (κ1) is 26.3. The van der Waals surface area contributed by atoms with E-state index in [1.807, 2.05) is 36.4 Å². The Hall–Kier alpha value is -3.35. The highest BCUT2D eigenvalue weighted by Gasteiger charge is 2.23. The number of ketones is 1. The van der Waals surface area contributed by atoms with E-state index in [4.69, 9.17) is 4.74 Å². The summed E-state index contributed by atoms with van der Waals surface area (Å²) in [5, 5.41) is 20.5. The Morgan fingerprint density at radius 2 is 1.63 bits per heavy atom. The number of benzene rings is 3. The molecule has 5 nitrogen and oxygen atoms in total. The molecule has 2 heterocycles. The van der Waals surface area contributed by atoms with Gasteiger partial charge in [0.15, 0.2) is 5.78 Å². The average molecular weight is 530 g/mol. The van der Waals surface area contributed by atoms with Crippen LogP contribution in [-0.4, -0.2) is 46.6 Å². The second kappa shape index (κ2) is 12.0. The minimum Gasteiger partial charge on any atom is -0.508 e. The summed E-state index contributed by atoms with van der Waals surface area (Å²) in [5.41, 5.74) is 2.05. The number of phenols is 2. The SMILES string of the molecule is CCCCCCN1CCC(Oc2ccc(C(=O)c3c(-c4ccc(O)cc4)sc4cc(O)ccc34)cc2)CC1. The number of unbranched alkanes of at least 4 members (excludes halogenated alkanes) is 3. The van der Waals surface area contributed by atoms with E-state index >= 15 is 0 Å². The molecule has 0 unspecified atom stereocenters. The third-order valence-corrected chi connectivity index (χ3v) is 8.51. The van der Waals surface area contributed by atoms with Gasteiger partial charge in [0.1, 0.15) is 23.4 Å². The summed E-state index contributed by atoms with van der Waals surface area (Å²) >= 11 is 1.46. The molecule has 6 heteroatoms. The predicted molar refractivity (Wildman–Crippen MR) is 155 cm³/mol. The normalized spacial score (nSPS) is 14.7. The smallest absolute Gasteiger partial charge is 0.195 e. The molecule has 0 bridgehead atoms. The number of piperidine rings is 1. The largest absolute Gasteiger partial charge is 0.508 e. The number of rotatable bonds is 10. The van der Waals surface area contributed by atoms with E-state index in [2.05, 4.69) is 11.8 Å². The molecule has 1 saturated heterocycles. The number of fused-ring (bicyclic) bond motifs is 1. The lowest BCUT2D eigenvalue weighted by Gasteiger charge is -2.32. The van der Waals surface area contributed by atoms with Gasteiger partial charge < -0.3 is 19.8 Å². The molecule has 1 aliphatic heterocycles.